The average Bonchev–Trinajstić information content (AvgIpc) is 2.33. The van der Waals surface area contributed by atoms with Crippen LogP contribution in [0.3, 0.4) is 0 Å². The maximum atomic E-state index is 13.5. The third-order valence-corrected chi connectivity index (χ3v) is 2.03. The van der Waals surface area contributed by atoms with Gasteiger partial charge in [0.15, 0.2) is 0 Å². The molecule has 0 atom stereocenters. The summed E-state index contributed by atoms with van der Waals surface area (Å²) in [5.74, 6) is 3.72. The van der Waals surface area contributed by atoms with Gasteiger partial charge in [-0.15, -0.1) is 0 Å². The van der Waals surface area contributed by atoms with Gasteiger partial charge in [-0.3, -0.25) is 4.79 Å². The number of carbonyl (C=O) groups is 2. The summed E-state index contributed by atoms with van der Waals surface area (Å²) >= 11 is 0. The summed E-state index contributed by atoms with van der Waals surface area (Å²) in [6.45, 7) is 1.57. The second-order valence-corrected chi connectivity index (χ2v) is 3.40. The quantitative estimate of drug-likeness (QED) is 0.630. The fraction of sp³-hybridized carbons (Fsp3) is 0.231. The monoisotopic (exact) mass is 249 g/mol. The van der Waals surface area contributed by atoms with Crippen LogP contribution in [0.4, 0.5) is 4.39 Å². The maximum absolute atomic E-state index is 13.5. The Bertz CT molecular complexity index is 529. The molecule has 0 saturated heterocycles. The first kappa shape index (κ1) is 13.7. The number of hydrogen-bond donors (Lipinski definition) is 1. The summed E-state index contributed by atoms with van der Waals surface area (Å²) in [5, 5.41) is 2.49. The van der Waals surface area contributed by atoms with Crippen LogP contribution in [-0.4, -0.2) is 25.5 Å². The van der Waals surface area contributed by atoms with Gasteiger partial charge in [-0.1, -0.05) is 11.8 Å². The van der Waals surface area contributed by atoms with Crippen molar-refractivity contribution < 1.29 is 18.7 Å². The van der Waals surface area contributed by atoms with E-state index in [0.29, 0.717) is 5.56 Å². The van der Waals surface area contributed by atoms with Crippen LogP contribution in [0, 0.1) is 17.7 Å². The van der Waals surface area contributed by atoms with E-state index >= 15 is 0 Å². The number of rotatable bonds is 2. The third kappa shape index (κ3) is 3.91. The normalized spacial score (nSPS) is 9.06. The molecule has 1 rings (SSSR count). The summed E-state index contributed by atoms with van der Waals surface area (Å²) in [7, 11) is 1.18. The van der Waals surface area contributed by atoms with E-state index in [1.54, 1.807) is 0 Å². The summed E-state index contributed by atoms with van der Waals surface area (Å²) in [6, 6.07) is 3.96. The van der Waals surface area contributed by atoms with Crippen LogP contribution in [-0.2, 0) is 9.53 Å². The zero-order valence-electron chi connectivity index (χ0n) is 10.0. The fourth-order valence-corrected chi connectivity index (χ4v) is 1.18. The minimum absolute atomic E-state index is 0.134. The van der Waals surface area contributed by atoms with E-state index in [9.17, 15) is 14.0 Å². The molecule has 1 aromatic carbocycles. The Kier molecular flexibility index (Phi) is 4.88. The molecule has 0 aromatic heterocycles. The molecule has 1 amide bonds. The van der Waals surface area contributed by atoms with Crippen molar-refractivity contribution in [3.05, 3.63) is 35.1 Å². The maximum Gasteiger partial charge on any atom is 0.340 e. The van der Waals surface area contributed by atoms with Gasteiger partial charge in [-0.2, -0.15) is 0 Å². The van der Waals surface area contributed by atoms with Gasteiger partial charge in [0.2, 0.25) is 5.91 Å². The van der Waals surface area contributed by atoms with Crippen molar-refractivity contribution in [3.8, 4) is 11.8 Å². The predicted molar refractivity (Wildman–Crippen MR) is 63.3 cm³/mol. The predicted octanol–water partition coefficient (Wildman–Crippen LogP) is 1.10. The van der Waals surface area contributed by atoms with Crippen LogP contribution in [0.1, 0.15) is 22.8 Å². The Morgan fingerprint density at radius 1 is 1.44 bits per heavy atom. The van der Waals surface area contributed by atoms with Gasteiger partial charge in [0.05, 0.1) is 19.2 Å². The van der Waals surface area contributed by atoms with Crippen LogP contribution < -0.4 is 5.32 Å². The van der Waals surface area contributed by atoms with Gasteiger partial charge in [-0.05, 0) is 18.2 Å². The fourth-order valence-electron chi connectivity index (χ4n) is 1.18. The van der Waals surface area contributed by atoms with Gasteiger partial charge < -0.3 is 10.1 Å². The van der Waals surface area contributed by atoms with Crippen molar-refractivity contribution in [1.29, 1.82) is 0 Å². The third-order valence-electron chi connectivity index (χ3n) is 2.03. The molecule has 0 heterocycles. The molecule has 94 valence electrons. The van der Waals surface area contributed by atoms with Crippen molar-refractivity contribution in [1.82, 2.24) is 5.32 Å². The standard InChI is InChI=1S/C13H12FNO3/c1-9(16)15-7-3-4-10-5-6-11(12(14)8-10)13(17)18-2/h5-6,8H,7H2,1-2H3,(H,15,16). The molecule has 0 aliphatic rings. The van der Waals surface area contributed by atoms with Gasteiger partial charge in [-0.25, -0.2) is 9.18 Å². The zero-order chi connectivity index (χ0) is 13.5. The van der Waals surface area contributed by atoms with Gasteiger partial charge in [0.1, 0.15) is 5.82 Å². The van der Waals surface area contributed by atoms with E-state index < -0.39 is 11.8 Å². The number of methoxy groups -OCH3 is 1. The second kappa shape index (κ2) is 6.40. The Morgan fingerprint density at radius 2 is 2.17 bits per heavy atom. The Labute approximate surface area is 104 Å². The zero-order valence-corrected chi connectivity index (χ0v) is 10.0. The highest BCUT2D eigenvalue weighted by Crippen LogP contribution is 2.10. The molecule has 5 heteroatoms. The van der Waals surface area contributed by atoms with Crippen LogP contribution >= 0.6 is 0 Å². The molecule has 0 unspecified atom stereocenters. The minimum Gasteiger partial charge on any atom is -0.465 e. The van der Waals surface area contributed by atoms with Crippen LogP contribution in [0.25, 0.3) is 0 Å². The summed E-state index contributed by atoms with van der Waals surface area (Å²) in [5.41, 5.74) is 0.287. The lowest BCUT2D eigenvalue weighted by Crippen LogP contribution is -2.19. The van der Waals surface area contributed by atoms with E-state index in [1.807, 2.05) is 0 Å². The van der Waals surface area contributed by atoms with E-state index in [1.165, 1.54) is 26.2 Å². The first-order chi connectivity index (χ1) is 8.54. The first-order valence-corrected chi connectivity index (χ1v) is 5.15. The number of esters is 1. The van der Waals surface area contributed by atoms with Crippen LogP contribution in [0.5, 0.6) is 0 Å². The lowest BCUT2D eigenvalue weighted by Gasteiger charge is -2.00. The van der Waals surface area contributed by atoms with Gasteiger partial charge in [0.25, 0.3) is 0 Å². The molecule has 0 saturated carbocycles. The molecule has 0 bridgehead atoms. The number of ether oxygens (including phenoxy) is 1. The lowest BCUT2D eigenvalue weighted by molar-refractivity contribution is -0.118. The van der Waals surface area contributed by atoms with E-state index in [0.717, 1.165) is 6.07 Å². The van der Waals surface area contributed by atoms with Crippen LogP contribution in [0.15, 0.2) is 18.2 Å². The smallest absolute Gasteiger partial charge is 0.340 e. The molecule has 1 aromatic rings. The van der Waals surface area contributed by atoms with Crippen molar-refractivity contribution >= 4 is 11.9 Å². The molecule has 0 fully saturated rings. The number of benzene rings is 1. The second-order valence-electron chi connectivity index (χ2n) is 3.40. The minimum atomic E-state index is -0.731. The van der Waals surface area contributed by atoms with Gasteiger partial charge >= 0.3 is 5.97 Å². The molecular formula is C13H12FNO3. The number of amides is 1. The van der Waals surface area contributed by atoms with E-state index in [2.05, 4.69) is 21.9 Å². The Balaban J connectivity index is 2.78. The van der Waals surface area contributed by atoms with Crippen molar-refractivity contribution in [2.24, 2.45) is 0 Å². The van der Waals surface area contributed by atoms with Crippen molar-refractivity contribution in [2.75, 3.05) is 13.7 Å². The number of carbonyl (C=O) groups excluding carboxylic acids is 2. The Morgan fingerprint density at radius 3 is 2.72 bits per heavy atom. The molecule has 0 radical (unpaired) electrons. The van der Waals surface area contributed by atoms with Crippen molar-refractivity contribution in [3.63, 3.8) is 0 Å². The highest BCUT2D eigenvalue weighted by atomic mass is 19.1. The summed E-state index contributed by atoms with van der Waals surface area (Å²) in [4.78, 5) is 21.7. The van der Waals surface area contributed by atoms with E-state index in [4.69, 9.17) is 0 Å². The average molecular weight is 249 g/mol. The van der Waals surface area contributed by atoms with Crippen LogP contribution in [0.2, 0.25) is 0 Å². The molecule has 4 nitrogen and oxygen atoms in total. The summed E-state index contributed by atoms with van der Waals surface area (Å²) < 4.78 is 17.9. The molecule has 0 aliphatic carbocycles. The number of halogens is 1. The molecule has 0 aliphatic heterocycles. The Hall–Kier alpha value is -2.35. The highest BCUT2D eigenvalue weighted by Gasteiger charge is 2.11. The first-order valence-electron chi connectivity index (χ1n) is 5.15. The van der Waals surface area contributed by atoms with Gasteiger partial charge in [0, 0.05) is 12.5 Å². The lowest BCUT2D eigenvalue weighted by atomic mass is 10.1. The topological polar surface area (TPSA) is 55.4 Å². The summed E-state index contributed by atoms with van der Waals surface area (Å²) in [6.07, 6.45) is 0. The molecular weight excluding hydrogens is 237 g/mol. The van der Waals surface area contributed by atoms with Crippen molar-refractivity contribution in [2.45, 2.75) is 6.92 Å². The highest BCUT2D eigenvalue weighted by molar-refractivity contribution is 5.89. The number of hydrogen-bond acceptors (Lipinski definition) is 3. The number of nitrogens with one attached hydrogen (secondary N) is 1. The van der Waals surface area contributed by atoms with E-state index in [-0.39, 0.29) is 18.0 Å². The molecule has 0 spiro atoms. The largest absolute Gasteiger partial charge is 0.465 e. The SMILES string of the molecule is COC(=O)c1ccc(C#CCNC(C)=O)cc1F. The molecule has 1 N–H and O–H groups in total. The molecule has 18 heavy (non-hydrogen) atoms.